The molecule has 0 heterocycles. The lowest BCUT2D eigenvalue weighted by atomic mass is 9.79. The first-order valence-corrected chi connectivity index (χ1v) is 7.62. The fourth-order valence-corrected chi connectivity index (χ4v) is 2.74. The summed E-state index contributed by atoms with van der Waals surface area (Å²) in [6.07, 6.45) is 6.45. The molecule has 1 unspecified atom stereocenters. The molecule has 1 aliphatic carbocycles. The number of hydrogen-bond acceptors (Lipinski definition) is 3. The molecule has 0 aromatic rings. The SMILES string of the molecule is CCC(C)(CNC(=O)C1(CN)CCCCCC1)C(=O)O. The molecule has 0 aromatic heterocycles. The van der Waals surface area contributed by atoms with Crippen molar-refractivity contribution >= 4 is 11.9 Å². The van der Waals surface area contributed by atoms with Crippen LogP contribution in [0.3, 0.4) is 0 Å². The van der Waals surface area contributed by atoms with Crippen molar-refractivity contribution < 1.29 is 14.7 Å². The summed E-state index contributed by atoms with van der Waals surface area (Å²) in [5, 5.41) is 12.1. The first-order valence-electron chi connectivity index (χ1n) is 7.62. The molecule has 1 rings (SSSR count). The highest BCUT2D eigenvalue weighted by Crippen LogP contribution is 2.34. The highest BCUT2D eigenvalue weighted by Gasteiger charge is 2.39. The summed E-state index contributed by atoms with van der Waals surface area (Å²) >= 11 is 0. The van der Waals surface area contributed by atoms with E-state index in [0.29, 0.717) is 13.0 Å². The second-order valence-corrected chi connectivity index (χ2v) is 6.30. The topological polar surface area (TPSA) is 92.4 Å². The second kappa shape index (κ2) is 7.07. The molecule has 1 aliphatic rings. The van der Waals surface area contributed by atoms with Crippen molar-refractivity contribution in [2.75, 3.05) is 13.1 Å². The zero-order valence-electron chi connectivity index (χ0n) is 12.7. The fraction of sp³-hybridized carbons (Fsp3) is 0.867. The number of nitrogens with one attached hydrogen (secondary N) is 1. The normalized spacial score (nSPS) is 21.6. The Balaban J connectivity index is 2.70. The third-order valence-electron chi connectivity index (χ3n) is 4.87. The van der Waals surface area contributed by atoms with Gasteiger partial charge in [0.2, 0.25) is 5.91 Å². The molecular weight excluding hydrogens is 256 g/mol. The van der Waals surface area contributed by atoms with Gasteiger partial charge in [-0.2, -0.15) is 0 Å². The van der Waals surface area contributed by atoms with Crippen LogP contribution >= 0.6 is 0 Å². The van der Waals surface area contributed by atoms with Crippen molar-refractivity contribution in [1.29, 1.82) is 0 Å². The summed E-state index contributed by atoms with van der Waals surface area (Å²) in [5.74, 6) is -0.939. The third-order valence-corrected chi connectivity index (χ3v) is 4.87. The first kappa shape index (κ1) is 17.0. The van der Waals surface area contributed by atoms with Gasteiger partial charge in [0.05, 0.1) is 10.8 Å². The quantitative estimate of drug-likeness (QED) is 0.649. The molecule has 1 saturated carbocycles. The smallest absolute Gasteiger partial charge is 0.311 e. The minimum absolute atomic E-state index is 0.0668. The van der Waals surface area contributed by atoms with Crippen LogP contribution in [0.2, 0.25) is 0 Å². The van der Waals surface area contributed by atoms with Gasteiger partial charge in [-0.25, -0.2) is 0 Å². The Bertz CT molecular complexity index is 349. The van der Waals surface area contributed by atoms with Crippen molar-refractivity contribution in [2.45, 2.75) is 58.8 Å². The Labute approximate surface area is 121 Å². The zero-order chi connectivity index (χ0) is 15.2. The summed E-state index contributed by atoms with van der Waals surface area (Å²) < 4.78 is 0. The summed E-state index contributed by atoms with van der Waals surface area (Å²) in [4.78, 5) is 23.8. The van der Waals surface area contributed by atoms with Crippen molar-refractivity contribution in [3.63, 3.8) is 0 Å². The summed E-state index contributed by atoms with van der Waals surface area (Å²) in [7, 11) is 0. The van der Waals surface area contributed by atoms with Crippen molar-refractivity contribution in [3.8, 4) is 0 Å². The van der Waals surface area contributed by atoms with Gasteiger partial charge in [-0.3, -0.25) is 9.59 Å². The van der Waals surface area contributed by atoms with Gasteiger partial charge in [0.15, 0.2) is 0 Å². The average Bonchev–Trinajstić information content (AvgIpc) is 2.70. The lowest BCUT2D eigenvalue weighted by Gasteiger charge is -2.32. The number of carboxylic acid groups (broad SMARTS) is 1. The summed E-state index contributed by atoms with van der Waals surface area (Å²) in [6, 6.07) is 0. The van der Waals surface area contributed by atoms with Crippen LogP contribution in [0.1, 0.15) is 58.8 Å². The second-order valence-electron chi connectivity index (χ2n) is 6.30. The maximum Gasteiger partial charge on any atom is 0.311 e. The molecule has 0 aliphatic heterocycles. The number of aliphatic carboxylic acids is 1. The molecule has 4 N–H and O–H groups in total. The molecule has 0 bridgehead atoms. The number of rotatable bonds is 6. The summed E-state index contributed by atoms with van der Waals surface area (Å²) in [5.41, 5.74) is 4.46. The van der Waals surface area contributed by atoms with Crippen molar-refractivity contribution in [2.24, 2.45) is 16.6 Å². The Kier molecular flexibility index (Phi) is 5.99. The van der Waals surface area contributed by atoms with Crippen LogP contribution in [-0.4, -0.2) is 30.1 Å². The number of hydrogen-bond donors (Lipinski definition) is 3. The molecule has 0 spiro atoms. The van der Waals surface area contributed by atoms with E-state index in [9.17, 15) is 14.7 Å². The van der Waals surface area contributed by atoms with E-state index in [-0.39, 0.29) is 12.5 Å². The maximum atomic E-state index is 12.5. The molecule has 0 saturated heterocycles. The van der Waals surface area contributed by atoms with Gasteiger partial charge < -0.3 is 16.2 Å². The van der Waals surface area contributed by atoms with Crippen LogP contribution < -0.4 is 11.1 Å². The van der Waals surface area contributed by atoms with Crippen LogP contribution in [-0.2, 0) is 9.59 Å². The van der Waals surface area contributed by atoms with Crippen LogP contribution in [0.15, 0.2) is 0 Å². The van der Waals surface area contributed by atoms with E-state index in [0.717, 1.165) is 38.5 Å². The van der Waals surface area contributed by atoms with Crippen molar-refractivity contribution in [1.82, 2.24) is 5.32 Å². The Morgan fingerprint density at radius 1 is 1.25 bits per heavy atom. The number of carboxylic acids is 1. The molecule has 5 nitrogen and oxygen atoms in total. The molecule has 5 heteroatoms. The van der Waals surface area contributed by atoms with Gasteiger partial charge >= 0.3 is 5.97 Å². The van der Waals surface area contributed by atoms with E-state index in [2.05, 4.69) is 5.32 Å². The lowest BCUT2D eigenvalue weighted by Crippen LogP contribution is -2.49. The van der Waals surface area contributed by atoms with E-state index in [1.165, 1.54) is 0 Å². The van der Waals surface area contributed by atoms with Crippen molar-refractivity contribution in [3.05, 3.63) is 0 Å². The van der Waals surface area contributed by atoms with Gasteiger partial charge in [-0.05, 0) is 26.2 Å². The fourth-order valence-electron chi connectivity index (χ4n) is 2.74. The minimum Gasteiger partial charge on any atom is -0.481 e. The standard InChI is InChI=1S/C15H28N2O3/c1-3-14(2,13(19)20)11-17-12(18)15(10-16)8-6-4-5-7-9-15/h3-11,16H2,1-2H3,(H,17,18)(H,19,20). The molecule has 1 amide bonds. The Hall–Kier alpha value is -1.10. The highest BCUT2D eigenvalue weighted by molar-refractivity contribution is 5.84. The van der Waals surface area contributed by atoms with Crippen LogP contribution in [0, 0.1) is 10.8 Å². The maximum absolute atomic E-state index is 12.5. The monoisotopic (exact) mass is 284 g/mol. The largest absolute Gasteiger partial charge is 0.481 e. The van der Waals surface area contributed by atoms with E-state index in [1.807, 2.05) is 6.92 Å². The average molecular weight is 284 g/mol. The zero-order valence-corrected chi connectivity index (χ0v) is 12.7. The van der Waals surface area contributed by atoms with E-state index in [4.69, 9.17) is 5.73 Å². The van der Waals surface area contributed by atoms with Crippen LogP contribution in [0.25, 0.3) is 0 Å². The molecule has 20 heavy (non-hydrogen) atoms. The molecule has 0 radical (unpaired) electrons. The number of nitrogens with two attached hydrogens (primary N) is 1. The first-order chi connectivity index (χ1) is 9.40. The molecule has 116 valence electrons. The van der Waals surface area contributed by atoms with Gasteiger partial charge in [0.1, 0.15) is 0 Å². The van der Waals surface area contributed by atoms with Crippen LogP contribution in [0.4, 0.5) is 0 Å². The highest BCUT2D eigenvalue weighted by atomic mass is 16.4. The lowest BCUT2D eigenvalue weighted by molar-refractivity contribution is -0.148. The molecule has 1 atom stereocenters. The Morgan fingerprint density at radius 3 is 2.20 bits per heavy atom. The van der Waals surface area contributed by atoms with Gasteiger partial charge in [0.25, 0.3) is 0 Å². The molecular formula is C15H28N2O3. The van der Waals surface area contributed by atoms with E-state index < -0.39 is 16.8 Å². The summed E-state index contributed by atoms with van der Waals surface area (Å²) in [6.45, 7) is 4.00. The van der Waals surface area contributed by atoms with Gasteiger partial charge in [-0.15, -0.1) is 0 Å². The predicted molar refractivity (Wildman–Crippen MR) is 78.2 cm³/mol. The Morgan fingerprint density at radius 2 is 1.80 bits per heavy atom. The van der Waals surface area contributed by atoms with Gasteiger partial charge in [-0.1, -0.05) is 32.6 Å². The number of carbonyl (C=O) groups is 2. The van der Waals surface area contributed by atoms with Crippen LogP contribution in [0.5, 0.6) is 0 Å². The molecule has 0 aromatic carbocycles. The number of carbonyl (C=O) groups excluding carboxylic acids is 1. The van der Waals surface area contributed by atoms with E-state index in [1.54, 1.807) is 6.92 Å². The third kappa shape index (κ3) is 3.72. The molecule has 1 fully saturated rings. The van der Waals surface area contributed by atoms with Gasteiger partial charge in [0, 0.05) is 13.1 Å². The number of amides is 1. The van der Waals surface area contributed by atoms with E-state index >= 15 is 0 Å². The predicted octanol–water partition coefficient (Wildman–Crippen LogP) is 1.90. The minimum atomic E-state index is -0.907.